The molecule has 0 fully saturated rings. The number of fused-ring (bicyclic) bond motifs is 1. The normalized spacial score (nSPS) is 16.6. The van der Waals surface area contributed by atoms with Gasteiger partial charge in [0.25, 0.3) is 0 Å². The first-order valence-corrected chi connectivity index (χ1v) is 10.0. The summed E-state index contributed by atoms with van der Waals surface area (Å²) in [6, 6.07) is 18.1. The van der Waals surface area contributed by atoms with Crippen LogP contribution in [0, 0.1) is 0 Å². The maximum Gasteiger partial charge on any atom is 0.212 e. The molecule has 0 spiro atoms. The predicted molar refractivity (Wildman–Crippen MR) is 109 cm³/mol. The Balaban J connectivity index is 1.62. The minimum atomic E-state index is -1.61. The van der Waals surface area contributed by atoms with Gasteiger partial charge in [-0.05, 0) is 16.7 Å². The van der Waals surface area contributed by atoms with Gasteiger partial charge in [0.15, 0.2) is 5.82 Å². The second kappa shape index (κ2) is 8.44. The molecule has 29 heavy (non-hydrogen) atoms. The number of aromatic nitrogens is 3. The first-order chi connectivity index (χ1) is 14.1. The van der Waals surface area contributed by atoms with Crippen molar-refractivity contribution in [2.45, 2.75) is 23.5 Å². The van der Waals surface area contributed by atoms with Gasteiger partial charge in [0.05, 0.1) is 12.3 Å². The number of rotatable bonds is 6. The second-order valence-corrected chi connectivity index (χ2v) is 7.56. The lowest BCUT2D eigenvalue weighted by Gasteiger charge is -2.21. The zero-order valence-corrected chi connectivity index (χ0v) is 16.1. The van der Waals surface area contributed by atoms with Crippen molar-refractivity contribution in [1.82, 2.24) is 14.9 Å². The van der Waals surface area contributed by atoms with Gasteiger partial charge in [-0.15, -0.1) is 10.2 Å². The Morgan fingerprint density at radius 3 is 2.24 bits per heavy atom. The molecule has 4 rings (SSSR count). The Kier molecular flexibility index (Phi) is 5.74. The van der Waals surface area contributed by atoms with Gasteiger partial charge < -0.3 is 20.4 Å². The van der Waals surface area contributed by atoms with E-state index < -0.39 is 24.9 Å². The number of nitrogens with zero attached hydrogens (tertiary/aromatic N) is 4. The van der Waals surface area contributed by atoms with E-state index in [-0.39, 0.29) is 5.82 Å². The van der Waals surface area contributed by atoms with Gasteiger partial charge in [-0.2, -0.15) is 9.78 Å². The molecule has 9 heteroatoms. The van der Waals surface area contributed by atoms with E-state index in [4.69, 9.17) is 5.11 Å². The molecule has 3 unspecified atom stereocenters. The molecule has 8 nitrogen and oxygen atoms in total. The van der Waals surface area contributed by atoms with E-state index in [1.807, 2.05) is 54.6 Å². The molecule has 0 saturated carbocycles. The highest BCUT2D eigenvalue weighted by Gasteiger charge is 2.32. The van der Waals surface area contributed by atoms with Gasteiger partial charge in [0.2, 0.25) is 5.16 Å². The minimum absolute atomic E-state index is 0.00519. The van der Waals surface area contributed by atoms with Crippen LogP contribution in [0.25, 0.3) is 11.1 Å². The fourth-order valence-electron chi connectivity index (χ4n) is 3.03. The van der Waals surface area contributed by atoms with Gasteiger partial charge in [0.1, 0.15) is 18.3 Å². The molecule has 2 heterocycles. The van der Waals surface area contributed by atoms with E-state index in [0.717, 1.165) is 22.4 Å². The molecule has 3 atom stereocenters. The maximum atomic E-state index is 10.3. The Hall–Kier alpha value is -2.56. The minimum Gasteiger partial charge on any atom is -0.394 e. The van der Waals surface area contributed by atoms with Crippen LogP contribution in [0.3, 0.4) is 0 Å². The van der Waals surface area contributed by atoms with Crippen molar-refractivity contribution in [3.63, 3.8) is 0 Å². The highest BCUT2D eigenvalue weighted by atomic mass is 32.2. The molecule has 1 aliphatic heterocycles. The average Bonchev–Trinajstić information content (AvgIpc) is 3.21. The Morgan fingerprint density at radius 1 is 0.897 bits per heavy atom. The van der Waals surface area contributed by atoms with Crippen LogP contribution in [0.4, 0.5) is 0 Å². The summed E-state index contributed by atoms with van der Waals surface area (Å²) in [6.07, 6.45) is -4.64. The van der Waals surface area contributed by atoms with Crippen molar-refractivity contribution in [3.8, 4) is 11.1 Å². The molecule has 3 aromatic rings. The Bertz CT molecular complexity index is 1010. The van der Waals surface area contributed by atoms with E-state index in [1.54, 1.807) is 0 Å². The van der Waals surface area contributed by atoms with Crippen LogP contribution in [-0.2, 0) is 0 Å². The smallest absolute Gasteiger partial charge is 0.212 e. The van der Waals surface area contributed by atoms with E-state index in [9.17, 15) is 15.3 Å². The summed E-state index contributed by atoms with van der Waals surface area (Å²) in [5, 5.41) is 51.8. The molecule has 1 aliphatic rings. The van der Waals surface area contributed by atoms with Crippen molar-refractivity contribution in [2.24, 2.45) is 5.10 Å². The SMILES string of the molecule is OCC(O)C(O)C(O)c1nnc2n1N=C(c1ccc(-c3ccccc3)cc1)CS2. The molecular weight excluding hydrogens is 392 g/mol. The van der Waals surface area contributed by atoms with E-state index >= 15 is 0 Å². The summed E-state index contributed by atoms with van der Waals surface area (Å²) < 4.78 is 1.37. The molecule has 0 radical (unpaired) electrons. The van der Waals surface area contributed by atoms with Gasteiger partial charge in [-0.3, -0.25) is 0 Å². The largest absolute Gasteiger partial charge is 0.394 e. The van der Waals surface area contributed by atoms with Crippen molar-refractivity contribution >= 4 is 17.5 Å². The molecule has 4 N–H and O–H groups in total. The van der Waals surface area contributed by atoms with Crippen molar-refractivity contribution < 1.29 is 20.4 Å². The summed E-state index contributed by atoms with van der Waals surface area (Å²) in [5.74, 6) is 0.589. The van der Waals surface area contributed by atoms with Crippen LogP contribution in [0.2, 0.25) is 0 Å². The lowest BCUT2D eigenvalue weighted by Crippen LogP contribution is -2.36. The predicted octanol–water partition coefficient (Wildman–Crippen LogP) is 1.05. The Labute approximate surface area is 171 Å². The van der Waals surface area contributed by atoms with Gasteiger partial charge in [0, 0.05) is 5.75 Å². The second-order valence-electron chi connectivity index (χ2n) is 6.62. The average molecular weight is 412 g/mol. The van der Waals surface area contributed by atoms with Gasteiger partial charge in [-0.25, -0.2) is 0 Å². The van der Waals surface area contributed by atoms with Crippen LogP contribution in [0.15, 0.2) is 64.9 Å². The standard InChI is InChI=1S/C20H20N4O4S/c25-10-16(26)17(27)18(28)19-21-22-20-24(19)23-15(11-29-20)14-8-6-13(7-9-14)12-4-2-1-3-5-12/h1-9,16-18,25-28H,10-11H2. The van der Waals surface area contributed by atoms with Gasteiger partial charge in [-0.1, -0.05) is 66.4 Å². The summed E-state index contributed by atoms with van der Waals surface area (Å²) >= 11 is 1.41. The fraction of sp³-hybridized carbons (Fsp3) is 0.250. The maximum absolute atomic E-state index is 10.3. The highest BCUT2D eigenvalue weighted by molar-refractivity contribution is 7.99. The summed E-state index contributed by atoms with van der Waals surface area (Å²) in [5.41, 5.74) is 3.92. The third kappa shape index (κ3) is 3.96. The molecule has 0 amide bonds. The van der Waals surface area contributed by atoms with Crippen LogP contribution < -0.4 is 0 Å². The Morgan fingerprint density at radius 2 is 1.55 bits per heavy atom. The summed E-state index contributed by atoms with van der Waals surface area (Å²) in [6.45, 7) is -0.684. The first kappa shape index (κ1) is 19.7. The third-order valence-corrected chi connectivity index (χ3v) is 5.62. The molecule has 1 aromatic heterocycles. The van der Waals surface area contributed by atoms with Crippen molar-refractivity contribution in [2.75, 3.05) is 12.4 Å². The van der Waals surface area contributed by atoms with Crippen molar-refractivity contribution in [1.29, 1.82) is 0 Å². The third-order valence-electron chi connectivity index (χ3n) is 4.69. The molecular formula is C20H20N4O4S. The van der Waals surface area contributed by atoms with Crippen molar-refractivity contribution in [3.05, 3.63) is 66.0 Å². The fourth-order valence-corrected chi connectivity index (χ4v) is 3.87. The molecule has 0 bridgehead atoms. The molecule has 150 valence electrons. The van der Waals surface area contributed by atoms with E-state index in [1.165, 1.54) is 16.4 Å². The van der Waals surface area contributed by atoms with Crippen LogP contribution in [0.1, 0.15) is 17.5 Å². The zero-order valence-electron chi connectivity index (χ0n) is 15.3. The number of hydrogen-bond donors (Lipinski definition) is 4. The summed E-state index contributed by atoms with van der Waals surface area (Å²) in [7, 11) is 0. The topological polar surface area (TPSA) is 124 Å². The monoisotopic (exact) mass is 412 g/mol. The van der Waals surface area contributed by atoms with Gasteiger partial charge >= 0.3 is 0 Å². The lowest BCUT2D eigenvalue weighted by atomic mass is 10.0. The highest BCUT2D eigenvalue weighted by Crippen LogP contribution is 2.28. The van der Waals surface area contributed by atoms with Crippen LogP contribution in [0.5, 0.6) is 0 Å². The number of hydrogen-bond acceptors (Lipinski definition) is 8. The molecule has 2 aromatic carbocycles. The quantitative estimate of drug-likeness (QED) is 0.477. The van der Waals surface area contributed by atoms with E-state index in [2.05, 4.69) is 15.3 Å². The lowest BCUT2D eigenvalue weighted by molar-refractivity contribution is -0.0813. The van der Waals surface area contributed by atoms with E-state index in [0.29, 0.717) is 10.9 Å². The zero-order chi connectivity index (χ0) is 20.4. The molecule has 0 aliphatic carbocycles. The van der Waals surface area contributed by atoms with Crippen LogP contribution in [-0.4, -0.2) is 65.6 Å². The summed E-state index contributed by atoms with van der Waals surface area (Å²) in [4.78, 5) is 0. The number of benzene rings is 2. The van der Waals surface area contributed by atoms with Crippen LogP contribution >= 0.6 is 11.8 Å². The number of aliphatic hydroxyl groups is 4. The first-order valence-electron chi connectivity index (χ1n) is 9.05. The number of thioether (sulfide) groups is 1. The number of aliphatic hydroxyl groups excluding tert-OH is 4. The molecule has 0 saturated heterocycles.